The van der Waals surface area contributed by atoms with Crippen molar-refractivity contribution in [2.75, 3.05) is 26.2 Å². The number of hydrogen-bond donors (Lipinski definition) is 1. The Kier molecular flexibility index (Phi) is 6.09. The third-order valence-corrected chi connectivity index (χ3v) is 8.54. The van der Waals surface area contributed by atoms with E-state index in [-0.39, 0.29) is 11.7 Å². The van der Waals surface area contributed by atoms with Gasteiger partial charge < -0.3 is 9.84 Å². The molecule has 0 saturated heterocycles. The Morgan fingerprint density at radius 1 is 1.67 bits per heavy atom. The van der Waals surface area contributed by atoms with Gasteiger partial charge in [-0.3, -0.25) is 9.36 Å². The number of rotatable bonds is 5. The second kappa shape index (κ2) is 5.91. The Labute approximate surface area is 80.1 Å². The maximum absolute atomic E-state index is 11.5. The van der Waals surface area contributed by atoms with Gasteiger partial charge in [-0.05, 0) is 17.6 Å². The van der Waals surface area contributed by atoms with Crippen molar-refractivity contribution in [2.24, 2.45) is 0 Å². The first-order valence-electron chi connectivity index (χ1n) is 3.14. The Balaban J connectivity index is 3.89. The maximum Gasteiger partial charge on any atom is 0.313 e. The molecule has 0 aliphatic carbocycles. The monoisotopic (exact) mass is 229 g/mol. The van der Waals surface area contributed by atoms with Crippen LogP contribution in [0.15, 0.2) is 0 Å². The lowest BCUT2D eigenvalue weighted by molar-refractivity contribution is -0.118. The van der Waals surface area contributed by atoms with Crippen LogP contribution in [0.25, 0.3) is 0 Å². The summed E-state index contributed by atoms with van der Waals surface area (Å²) in [6.45, 7) is 0. The van der Waals surface area contributed by atoms with Crippen molar-refractivity contribution < 1.29 is 13.9 Å². The van der Waals surface area contributed by atoms with Gasteiger partial charge in [-0.1, -0.05) is 11.4 Å². The van der Waals surface area contributed by atoms with E-state index in [9.17, 15) is 9.36 Å². The van der Waals surface area contributed by atoms with Crippen molar-refractivity contribution in [2.45, 2.75) is 0 Å². The largest absolute Gasteiger partial charge is 0.358 e. The Morgan fingerprint density at radius 2 is 2.25 bits per heavy atom. The molecule has 0 unspecified atom stereocenters. The van der Waals surface area contributed by atoms with Crippen molar-refractivity contribution in [3.63, 3.8) is 0 Å². The van der Waals surface area contributed by atoms with E-state index in [0.29, 0.717) is 0 Å². The lowest BCUT2D eigenvalue weighted by atomic mass is 10.7. The van der Waals surface area contributed by atoms with Crippen LogP contribution in [-0.4, -0.2) is 32.1 Å². The van der Waals surface area contributed by atoms with E-state index in [2.05, 4.69) is 5.32 Å². The van der Waals surface area contributed by atoms with Crippen LogP contribution in [0.5, 0.6) is 0 Å². The summed E-state index contributed by atoms with van der Waals surface area (Å²) in [5, 5.41) is 2.44. The molecule has 0 aliphatic rings. The van der Waals surface area contributed by atoms with E-state index < -0.39 is 5.77 Å². The zero-order valence-corrected chi connectivity index (χ0v) is 9.72. The number of carbonyl (C=O) groups is 1. The third-order valence-electron chi connectivity index (χ3n) is 1.08. The van der Waals surface area contributed by atoms with Gasteiger partial charge >= 0.3 is 5.77 Å². The van der Waals surface area contributed by atoms with Crippen LogP contribution in [0.2, 0.25) is 0 Å². The lowest BCUT2D eigenvalue weighted by Crippen LogP contribution is -2.19. The molecule has 0 bridgehead atoms. The summed E-state index contributed by atoms with van der Waals surface area (Å²) in [4.78, 5) is 10.8. The predicted octanol–water partition coefficient (Wildman–Crippen LogP) is 1.58. The van der Waals surface area contributed by atoms with Crippen LogP contribution in [-0.2, 0) is 13.9 Å². The average molecular weight is 229 g/mol. The molecule has 0 aromatic heterocycles. The molecule has 0 heterocycles. The molecular weight excluding hydrogens is 217 g/mol. The Bertz CT molecular complexity index is 191. The smallest absolute Gasteiger partial charge is 0.313 e. The topological polar surface area (TPSA) is 55.4 Å². The highest BCUT2D eigenvalue weighted by atomic mass is 33.1. The van der Waals surface area contributed by atoms with Crippen LogP contribution in [0.4, 0.5) is 0 Å². The van der Waals surface area contributed by atoms with Crippen molar-refractivity contribution >= 4 is 34.4 Å². The highest BCUT2D eigenvalue weighted by molar-refractivity contribution is 8.89. The summed E-state index contributed by atoms with van der Waals surface area (Å²) in [6.07, 6.45) is 1.70. The average Bonchev–Trinajstić information content (AvgIpc) is 2.13. The third kappa shape index (κ3) is 4.40. The molecule has 1 N–H and O–H groups in total. The highest BCUT2D eigenvalue weighted by Crippen LogP contribution is 2.68. The van der Waals surface area contributed by atoms with Crippen LogP contribution in [0.1, 0.15) is 0 Å². The number of hydrogen-bond acceptors (Lipinski definition) is 5. The molecule has 0 aliphatic heterocycles. The summed E-state index contributed by atoms with van der Waals surface area (Å²) in [5.74, 6) is -2.65. The fraction of sp³-hybridized carbons (Fsp3) is 0.800. The van der Waals surface area contributed by atoms with Crippen LogP contribution in [0.3, 0.4) is 0 Å². The first-order valence-corrected chi connectivity index (χ1v) is 8.19. The quantitative estimate of drug-likeness (QED) is 0.725. The molecular formula is C5H12NO3PS2. The highest BCUT2D eigenvalue weighted by Gasteiger charge is 2.21. The van der Waals surface area contributed by atoms with E-state index in [1.54, 1.807) is 13.3 Å². The molecule has 12 heavy (non-hydrogen) atoms. The van der Waals surface area contributed by atoms with Gasteiger partial charge in [0.25, 0.3) is 0 Å². The minimum Gasteiger partial charge on any atom is -0.358 e. The fourth-order valence-electron chi connectivity index (χ4n) is 0.390. The summed E-state index contributed by atoms with van der Waals surface area (Å²) >= 11 is 2.18. The fourth-order valence-corrected chi connectivity index (χ4v) is 4.50. The summed E-state index contributed by atoms with van der Waals surface area (Å²) in [7, 11) is 2.92. The molecule has 72 valence electrons. The van der Waals surface area contributed by atoms with Crippen molar-refractivity contribution in [3.05, 3.63) is 0 Å². The molecule has 7 heteroatoms. The van der Waals surface area contributed by atoms with Crippen molar-refractivity contribution in [1.29, 1.82) is 0 Å². The number of nitrogens with one attached hydrogen (secondary N) is 1. The van der Waals surface area contributed by atoms with E-state index in [1.165, 1.54) is 7.11 Å². The first-order chi connectivity index (χ1) is 5.58. The standard InChI is InChI=1S/C5H12NO3PS2/c1-6-5(7)4-12-10(8,9-2)11-3/h4H2,1-3H3,(H,6,7)/t10-/m1/s1. The van der Waals surface area contributed by atoms with E-state index in [0.717, 1.165) is 22.8 Å². The van der Waals surface area contributed by atoms with Crippen molar-refractivity contribution in [3.8, 4) is 0 Å². The SMILES string of the molecule is CNC(=O)CS[P@](=O)(OC)SC. The second-order valence-corrected chi connectivity index (χ2v) is 9.38. The molecule has 1 atom stereocenters. The number of amides is 1. The molecule has 0 radical (unpaired) electrons. The summed E-state index contributed by atoms with van der Waals surface area (Å²) < 4.78 is 16.3. The van der Waals surface area contributed by atoms with Gasteiger partial charge in [-0.25, -0.2) is 0 Å². The van der Waals surface area contributed by atoms with Gasteiger partial charge in [0, 0.05) is 14.2 Å². The molecule has 0 spiro atoms. The second-order valence-electron chi connectivity index (χ2n) is 1.76. The van der Waals surface area contributed by atoms with Gasteiger partial charge in [0.2, 0.25) is 5.91 Å². The van der Waals surface area contributed by atoms with Gasteiger partial charge in [-0.2, -0.15) is 0 Å². The van der Waals surface area contributed by atoms with Gasteiger partial charge in [0.1, 0.15) is 0 Å². The van der Waals surface area contributed by atoms with E-state index in [4.69, 9.17) is 4.52 Å². The van der Waals surface area contributed by atoms with Crippen LogP contribution < -0.4 is 5.32 Å². The van der Waals surface area contributed by atoms with Gasteiger partial charge in [0.05, 0.1) is 5.75 Å². The molecule has 0 aromatic carbocycles. The zero-order valence-electron chi connectivity index (χ0n) is 7.20. The molecule has 0 rings (SSSR count). The Morgan fingerprint density at radius 3 is 2.58 bits per heavy atom. The summed E-state index contributed by atoms with van der Waals surface area (Å²) in [5.41, 5.74) is 0. The Hall–Kier alpha value is 0.360. The van der Waals surface area contributed by atoms with E-state index >= 15 is 0 Å². The minimum atomic E-state index is -2.68. The number of carbonyl (C=O) groups excluding carboxylic acids is 1. The summed E-state index contributed by atoms with van der Waals surface area (Å²) in [6, 6.07) is 0. The maximum atomic E-state index is 11.5. The molecule has 4 nitrogen and oxygen atoms in total. The van der Waals surface area contributed by atoms with Crippen molar-refractivity contribution in [1.82, 2.24) is 5.32 Å². The van der Waals surface area contributed by atoms with Gasteiger partial charge in [0.15, 0.2) is 0 Å². The first kappa shape index (κ1) is 12.4. The zero-order chi connectivity index (χ0) is 9.61. The molecule has 0 aromatic rings. The predicted molar refractivity (Wildman–Crippen MR) is 54.7 cm³/mol. The molecule has 0 saturated carbocycles. The van der Waals surface area contributed by atoms with E-state index in [1.807, 2.05) is 0 Å². The molecule has 1 amide bonds. The normalized spacial score (nSPS) is 15.2. The molecule has 0 fully saturated rings. The van der Waals surface area contributed by atoms with Crippen LogP contribution >= 0.6 is 28.5 Å². The van der Waals surface area contributed by atoms with Crippen LogP contribution in [0, 0.1) is 0 Å². The van der Waals surface area contributed by atoms with Gasteiger partial charge in [-0.15, -0.1) is 0 Å². The minimum absolute atomic E-state index is 0.147. The lowest BCUT2D eigenvalue weighted by Gasteiger charge is -2.10.